The molecule has 1 saturated carbocycles. The van der Waals surface area contributed by atoms with Crippen molar-refractivity contribution < 1.29 is 4.74 Å². The van der Waals surface area contributed by atoms with E-state index in [1.54, 1.807) is 0 Å². The van der Waals surface area contributed by atoms with Gasteiger partial charge in [0.2, 0.25) is 0 Å². The summed E-state index contributed by atoms with van der Waals surface area (Å²) in [5.74, 6) is 0.652. The van der Waals surface area contributed by atoms with Gasteiger partial charge in [-0.15, -0.1) is 0 Å². The zero-order valence-electron chi connectivity index (χ0n) is 11.9. The molecule has 0 spiro atoms. The summed E-state index contributed by atoms with van der Waals surface area (Å²) in [5.41, 5.74) is 8.47. The summed E-state index contributed by atoms with van der Waals surface area (Å²) in [7, 11) is 0. The van der Waals surface area contributed by atoms with Gasteiger partial charge in [-0.2, -0.15) is 0 Å². The molecule has 3 N–H and O–H groups in total. The van der Waals surface area contributed by atoms with Crippen LogP contribution in [0.25, 0.3) is 0 Å². The molecule has 1 aromatic rings. The van der Waals surface area contributed by atoms with Crippen LogP contribution in [0.3, 0.4) is 0 Å². The molecule has 2 unspecified atom stereocenters. The van der Waals surface area contributed by atoms with E-state index < -0.39 is 0 Å². The third-order valence-corrected chi connectivity index (χ3v) is 4.10. The van der Waals surface area contributed by atoms with Crippen LogP contribution in [0.4, 0.5) is 0 Å². The molecule has 0 amide bonds. The van der Waals surface area contributed by atoms with Crippen molar-refractivity contribution in [3.8, 4) is 0 Å². The maximum Gasteiger partial charge on any atom is 0.0719 e. The molecule has 0 radical (unpaired) electrons. The van der Waals surface area contributed by atoms with Gasteiger partial charge in [0.15, 0.2) is 0 Å². The lowest BCUT2D eigenvalue weighted by molar-refractivity contribution is 0.133. The standard InChI is InChI=1S/C16H26N2O/c1-2-19-12-15-7-4-3-6-14(15)11-18-16-9-5-8-13(16)10-17/h3-4,6-7,13,16,18H,2,5,8-12,17H2,1H3. The van der Waals surface area contributed by atoms with E-state index >= 15 is 0 Å². The zero-order chi connectivity index (χ0) is 13.5. The molecule has 106 valence electrons. The van der Waals surface area contributed by atoms with E-state index in [1.165, 1.54) is 30.4 Å². The third-order valence-electron chi connectivity index (χ3n) is 4.10. The van der Waals surface area contributed by atoms with Gasteiger partial charge in [0.25, 0.3) is 0 Å². The highest BCUT2D eigenvalue weighted by molar-refractivity contribution is 5.26. The van der Waals surface area contributed by atoms with E-state index in [4.69, 9.17) is 10.5 Å². The fourth-order valence-electron chi connectivity index (χ4n) is 2.91. The van der Waals surface area contributed by atoms with Crippen LogP contribution in [0.1, 0.15) is 37.3 Å². The van der Waals surface area contributed by atoms with E-state index in [0.29, 0.717) is 18.6 Å². The van der Waals surface area contributed by atoms with Gasteiger partial charge >= 0.3 is 0 Å². The molecular formula is C16H26N2O. The van der Waals surface area contributed by atoms with E-state index in [-0.39, 0.29) is 0 Å². The predicted molar refractivity (Wildman–Crippen MR) is 78.8 cm³/mol. The highest BCUT2D eigenvalue weighted by atomic mass is 16.5. The highest BCUT2D eigenvalue weighted by Crippen LogP contribution is 2.25. The monoisotopic (exact) mass is 262 g/mol. The lowest BCUT2D eigenvalue weighted by atomic mass is 10.0. The largest absolute Gasteiger partial charge is 0.377 e. The SMILES string of the molecule is CCOCc1ccccc1CNC1CCCC1CN. The fraction of sp³-hybridized carbons (Fsp3) is 0.625. The number of ether oxygens (including phenoxy) is 1. The summed E-state index contributed by atoms with van der Waals surface area (Å²) in [5, 5.41) is 3.68. The summed E-state index contributed by atoms with van der Waals surface area (Å²) in [6.07, 6.45) is 3.84. The Morgan fingerprint density at radius 3 is 2.79 bits per heavy atom. The molecule has 0 bridgehead atoms. The topological polar surface area (TPSA) is 47.3 Å². The van der Waals surface area contributed by atoms with Gasteiger partial charge in [0, 0.05) is 19.2 Å². The summed E-state index contributed by atoms with van der Waals surface area (Å²) in [6, 6.07) is 9.11. The predicted octanol–water partition coefficient (Wildman–Crippen LogP) is 2.44. The van der Waals surface area contributed by atoms with E-state index in [9.17, 15) is 0 Å². The van der Waals surface area contributed by atoms with Gasteiger partial charge in [-0.1, -0.05) is 30.7 Å². The van der Waals surface area contributed by atoms with Crippen LogP contribution in [0.15, 0.2) is 24.3 Å². The lowest BCUT2D eigenvalue weighted by Gasteiger charge is -2.20. The minimum atomic E-state index is 0.588. The first-order valence-corrected chi connectivity index (χ1v) is 7.43. The van der Waals surface area contributed by atoms with Crippen LogP contribution >= 0.6 is 0 Å². The molecule has 2 rings (SSSR count). The van der Waals surface area contributed by atoms with Crippen LogP contribution in [0.5, 0.6) is 0 Å². The number of nitrogens with two attached hydrogens (primary N) is 1. The van der Waals surface area contributed by atoms with Crippen LogP contribution < -0.4 is 11.1 Å². The number of rotatable bonds is 7. The van der Waals surface area contributed by atoms with Crippen LogP contribution in [-0.2, 0) is 17.9 Å². The van der Waals surface area contributed by atoms with Gasteiger partial charge in [0.1, 0.15) is 0 Å². The molecule has 1 aliphatic carbocycles. The van der Waals surface area contributed by atoms with Crippen molar-refractivity contribution in [1.82, 2.24) is 5.32 Å². The number of hydrogen-bond donors (Lipinski definition) is 2. The third kappa shape index (κ3) is 4.03. The van der Waals surface area contributed by atoms with E-state index in [1.807, 2.05) is 6.92 Å². The molecule has 0 saturated heterocycles. The smallest absolute Gasteiger partial charge is 0.0719 e. The number of hydrogen-bond acceptors (Lipinski definition) is 3. The summed E-state index contributed by atoms with van der Waals surface area (Å²) < 4.78 is 5.53. The van der Waals surface area contributed by atoms with Gasteiger partial charge in [-0.25, -0.2) is 0 Å². The van der Waals surface area contributed by atoms with E-state index in [2.05, 4.69) is 29.6 Å². The Kier molecular flexibility index (Phi) is 5.83. The minimum Gasteiger partial charge on any atom is -0.377 e. The van der Waals surface area contributed by atoms with Crippen molar-refractivity contribution in [2.45, 2.75) is 45.4 Å². The second kappa shape index (κ2) is 7.63. The Morgan fingerprint density at radius 1 is 1.26 bits per heavy atom. The van der Waals surface area contributed by atoms with Crippen LogP contribution in [0, 0.1) is 5.92 Å². The summed E-state index contributed by atoms with van der Waals surface area (Å²) >= 11 is 0. The first-order valence-electron chi connectivity index (χ1n) is 7.43. The van der Waals surface area contributed by atoms with Crippen molar-refractivity contribution in [2.75, 3.05) is 13.2 Å². The zero-order valence-corrected chi connectivity index (χ0v) is 11.9. The average Bonchev–Trinajstić information content (AvgIpc) is 2.91. The highest BCUT2D eigenvalue weighted by Gasteiger charge is 2.25. The van der Waals surface area contributed by atoms with Gasteiger partial charge < -0.3 is 15.8 Å². The number of benzene rings is 1. The van der Waals surface area contributed by atoms with Crippen LogP contribution in [0.2, 0.25) is 0 Å². The molecule has 0 aromatic heterocycles. The molecule has 1 fully saturated rings. The van der Waals surface area contributed by atoms with Gasteiger partial charge in [-0.05, 0) is 43.4 Å². The Labute approximate surface area is 116 Å². The molecule has 3 nitrogen and oxygen atoms in total. The van der Waals surface area contributed by atoms with Crippen molar-refractivity contribution in [1.29, 1.82) is 0 Å². The fourth-order valence-corrected chi connectivity index (χ4v) is 2.91. The summed E-state index contributed by atoms with van der Waals surface area (Å²) in [6.45, 7) is 5.23. The molecule has 1 aromatic carbocycles. The second-order valence-corrected chi connectivity index (χ2v) is 5.32. The first-order chi connectivity index (χ1) is 9.35. The average molecular weight is 262 g/mol. The second-order valence-electron chi connectivity index (χ2n) is 5.32. The van der Waals surface area contributed by atoms with Crippen molar-refractivity contribution in [3.63, 3.8) is 0 Å². The van der Waals surface area contributed by atoms with Gasteiger partial charge in [0.05, 0.1) is 6.61 Å². The Bertz CT molecular complexity index is 381. The quantitative estimate of drug-likeness (QED) is 0.793. The minimum absolute atomic E-state index is 0.588. The molecule has 19 heavy (non-hydrogen) atoms. The van der Waals surface area contributed by atoms with Crippen molar-refractivity contribution >= 4 is 0 Å². The molecule has 2 atom stereocenters. The Balaban J connectivity index is 1.91. The molecule has 1 aliphatic rings. The lowest BCUT2D eigenvalue weighted by Crippen LogP contribution is -2.35. The van der Waals surface area contributed by atoms with E-state index in [0.717, 1.165) is 19.7 Å². The summed E-state index contributed by atoms with van der Waals surface area (Å²) in [4.78, 5) is 0. The normalized spacial score (nSPS) is 22.8. The Hall–Kier alpha value is -0.900. The van der Waals surface area contributed by atoms with Crippen molar-refractivity contribution in [2.24, 2.45) is 11.7 Å². The first kappa shape index (κ1) is 14.5. The van der Waals surface area contributed by atoms with Crippen molar-refractivity contribution in [3.05, 3.63) is 35.4 Å². The molecule has 0 heterocycles. The maximum atomic E-state index is 5.83. The number of nitrogens with one attached hydrogen (secondary N) is 1. The van der Waals surface area contributed by atoms with Gasteiger partial charge in [-0.3, -0.25) is 0 Å². The van der Waals surface area contributed by atoms with Crippen LogP contribution in [-0.4, -0.2) is 19.2 Å². The Morgan fingerprint density at radius 2 is 2.05 bits per heavy atom. The maximum absolute atomic E-state index is 5.83. The molecular weight excluding hydrogens is 236 g/mol. The molecule has 3 heteroatoms. The molecule has 0 aliphatic heterocycles.